The molecule has 0 amide bonds. The Bertz CT molecular complexity index is 478. The normalized spacial score (nSPS) is 13.4. The Morgan fingerprint density at radius 3 is 1.24 bits per heavy atom. The molecule has 0 N–H and O–H groups in total. The fourth-order valence-electron chi connectivity index (χ4n) is 4.47. The van der Waals surface area contributed by atoms with E-state index in [9.17, 15) is 0 Å². The van der Waals surface area contributed by atoms with Crippen molar-refractivity contribution < 1.29 is 0 Å². The molecule has 0 rings (SSSR count). The second-order valence-electron chi connectivity index (χ2n) is 10.4. The van der Waals surface area contributed by atoms with Crippen molar-refractivity contribution in [1.29, 1.82) is 0 Å². The molecule has 0 radical (unpaired) electrons. The van der Waals surface area contributed by atoms with Crippen molar-refractivity contribution in [3.8, 4) is 0 Å². The Morgan fingerprint density at radius 2 is 0.794 bits per heavy atom. The van der Waals surface area contributed by atoms with Crippen molar-refractivity contribution in [2.24, 2.45) is 5.92 Å². The Kier molecular flexibility index (Phi) is 29.1. The van der Waals surface area contributed by atoms with Gasteiger partial charge in [0.2, 0.25) is 0 Å². The van der Waals surface area contributed by atoms with Crippen LogP contribution in [0, 0.1) is 5.92 Å². The molecule has 0 nitrogen and oxygen atoms in total. The van der Waals surface area contributed by atoms with Gasteiger partial charge in [0, 0.05) is 0 Å². The minimum absolute atomic E-state index is 0.940. The molecule has 0 aromatic heterocycles. The van der Waals surface area contributed by atoms with Crippen LogP contribution in [0.3, 0.4) is 0 Å². The van der Waals surface area contributed by atoms with Crippen molar-refractivity contribution >= 4 is 0 Å². The van der Waals surface area contributed by atoms with Gasteiger partial charge in [0.05, 0.1) is 0 Å². The zero-order valence-corrected chi connectivity index (χ0v) is 23.8. The van der Waals surface area contributed by atoms with Crippen molar-refractivity contribution in [3.05, 3.63) is 48.6 Å². The molecular weight excluding hydrogens is 408 g/mol. The van der Waals surface area contributed by atoms with Gasteiger partial charge in [-0.2, -0.15) is 0 Å². The van der Waals surface area contributed by atoms with Crippen LogP contribution in [-0.4, -0.2) is 0 Å². The molecule has 1 unspecified atom stereocenters. The lowest BCUT2D eigenvalue weighted by atomic mass is 9.96. The highest BCUT2D eigenvalue weighted by molar-refractivity contribution is 4.93. The lowest BCUT2D eigenvalue weighted by Crippen LogP contribution is -1.95. The summed E-state index contributed by atoms with van der Waals surface area (Å²) in [4.78, 5) is 0. The van der Waals surface area contributed by atoms with Crippen LogP contribution in [-0.2, 0) is 0 Å². The second-order valence-corrected chi connectivity index (χ2v) is 10.4. The zero-order valence-electron chi connectivity index (χ0n) is 23.8. The van der Waals surface area contributed by atoms with Crippen LogP contribution in [0.15, 0.2) is 48.6 Å². The van der Waals surface area contributed by atoms with E-state index in [-0.39, 0.29) is 0 Å². The molecule has 0 heterocycles. The van der Waals surface area contributed by atoms with Gasteiger partial charge in [0.15, 0.2) is 0 Å². The Labute approximate surface area is 216 Å². The van der Waals surface area contributed by atoms with Crippen LogP contribution in [0.1, 0.15) is 162 Å². The van der Waals surface area contributed by atoms with Crippen LogP contribution in [0.2, 0.25) is 0 Å². The molecule has 0 bridgehead atoms. The molecular formula is C34H62. The van der Waals surface area contributed by atoms with Crippen molar-refractivity contribution in [3.63, 3.8) is 0 Å². The van der Waals surface area contributed by atoms with E-state index in [1.54, 1.807) is 0 Å². The summed E-state index contributed by atoms with van der Waals surface area (Å²) in [5, 5.41) is 0. The Hall–Kier alpha value is -1.04. The maximum Gasteiger partial charge on any atom is -0.0169 e. The summed E-state index contributed by atoms with van der Waals surface area (Å²) in [7, 11) is 0. The van der Waals surface area contributed by atoms with Gasteiger partial charge in [-0.15, -0.1) is 0 Å². The predicted molar refractivity (Wildman–Crippen MR) is 159 cm³/mol. The fraction of sp³-hybridized carbons (Fsp3) is 0.765. The molecule has 1 atom stereocenters. The second kappa shape index (κ2) is 30.0. The summed E-state index contributed by atoms with van der Waals surface area (Å²) < 4.78 is 0. The lowest BCUT2D eigenvalue weighted by molar-refractivity contribution is 0.431. The van der Waals surface area contributed by atoms with Crippen molar-refractivity contribution in [2.45, 2.75) is 162 Å². The largest absolute Gasteiger partial charge is 0.0885 e. The van der Waals surface area contributed by atoms with Crippen molar-refractivity contribution in [1.82, 2.24) is 0 Å². The number of allylic oxidation sites excluding steroid dienone is 8. The van der Waals surface area contributed by atoms with E-state index in [1.165, 1.54) is 122 Å². The lowest BCUT2D eigenvalue weighted by Gasteiger charge is -2.11. The molecule has 0 heteroatoms. The molecule has 0 aliphatic heterocycles. The molecule has 0 aliphatic carbocycles. The molecule has 0 spiro atoms. The van der Waals surface area contributed by atoms with Gasteiger partial charge in [-0.05, 0) is 57.3 Å². The third-order valence-electron chi connectivity index (χ3n) is 6.79. The van der Waals surface area contributed by atoms with E-state index in [4.69, 9.17) is 0 Å². The summed E-state index contributed by atoms with van der Waals surface area (Å²) in [5.74, 6) is 0.940. The van der Waals surface area contributed by atoms with E-state index >= 15 is 0 Å². The SMILES string of the molecule is CC/C=C\C/C=C\CCCCCCCCC(C)CCCCCCCCC/C=C\C/C=C\CCC. The molecule has 34 heavy (non-hydrogen) atoms. The van der Waals surface area contributed by atoms with Gasteiger partial charge in [0.25, 0.3) is 0 Å². The van der Waals surface area contributed by atoms with Gasteiger partial charge in [-0.3, -0.25) is 0 Å². The first-order chi connectivity index (χ1) is 16.8. The smallest absolute Gasteiger partial charge is 0.0169 e. The Morgan fingerprint density at radius 1 is 0.412 bits per heavy atom. The van der Waals surface area contributed by atoms with Gasteiger partial charge < -0.3 is 0 Å². The van der Waals surface area contributed by atoms with E-state index < -0.39 is 0 Å². The van der Waals surface area contributed by atoms with Crippen LogP contribution in [0.4, 0.5) is 0 Å². The topological polar surface area (TPSA) is 0 Å². The standard InChI is InChI=1S/C34H62/c1-4-6-8-10-12-14-16-18-19-21-23-25-27-29-31-33-34(3)32-30-28-26-24-22-20-17-15-13-11-9-7-5-2/h7-10,13-16,34H,4-6,11-12,17-33H2,1-3H3/b9-7-,10-8-,15-13-,16-14-. The third kappa shape index (κ3) is 29.0. The molecule has 0 saturated heterocycles. The molecule has 198 valence electrons. The van der Waals surface area contributed by atoms with Crippen LogP contribution < -0.4 is 0 Å². The number of hydrogen-bond donors (Lipinski definition) is 0. The first kappa shape index (κ1) is 33.0. The minimum atomic E-state index is 0.940. The highest BCUT2D eigenvalue weighted by Crippen LogP contribution is 2.19. The molecule has 0 aliphatic rings. The number of unbranched alkanes of at least 4 members (excludes halogenated alkanes) is 14. The first-order valence-electron chi connectivity index (χ1n) is 15.4. The van der Waals surface area contributed by atoms with E-state index in [0.29, 0.717) is 0 Å². The summed E-state index contributed by atoms with van der Waals surface area (Å²) in [5.41, 5.74) is 0. The minimum Gasteiger partial charge on any atom is -0.0885 e. The molecule has 0 fully saturated rings. The quantitative estimate of drug-likeness (QED) is 0.0870. The van der Waals surface area contributed by atoms with E-state index in [2.05, 4.69) is 69.4 Å². The van der Waals surface area contributed by atoms with Gasteiger partial charge >= 0.3 is 0 Å². The van der Waals surface area contributed by atoms with E-state index in [0.717, 1.165) is 25.2 Å². The maximum absolute atomic E-state index is 2.48. The summed E-state index contributed by atoms with van der Waals surface area (Å²) >= 11 is 0. The Balaban J connectivity index is 3.26. The molecule has 0 aromatic rings. The average Bonchev–Trinajstić information content (AvgIpc) is 2.84. The van der Waals surface area contributed by atoms with Gasteiger partial charge in [0.1, 0.15) is 0 Å². The predicted octanol–water partition coefficient (Wildman–Crippen LogP) is 12.5. The molecule has 0 saturated carbocycles. The zero-order chi connectivity index (χ0) is 24.8. The maximum atomic E-state index is 2.48. The highest BCUT2D eigenvalue weighted by Gasteiger charge is 2.02. The third-order valence-corrected chi connectivity index (χ3v) is 6.79. The highest BCUT2D eigenvalue weighted by atomic mass is 14.1. The fourth-order valence-corrected chi connectivity index (χ4v) is 4.47. The summed E-state index contributed by atoms with van der Waals surface area (Å²) in [6.45, 7) is 6.91. The van der Waals surface area contributed by atoms with Crippen LogP contribution in [0.25, 0.3) is 0 Å². The van der Waals surface area contributed by atoms with Crippen molar-refractivity contribution in [2.75, 3.05) is 0 Å². The molecule has 0 aromatic carbocycles. The summed E-state index contributed by atoms with van der Waals surface area (Å²) in [6, 6.07) is 0. The first-order valence-corrected chi connectivity index (χ1v) is 15.4. The summed E-state index contributed by atoms with van der Waals surface area (Å²) in [6.07, 6.45) is 48.5. The van der Waals surface area contributed by atoms with Gasteiger partial charge in [-0.1, -0.05) is 159 Å². The number of hydrogen-bond acceptors (Lipinski definition) is 0. The van der Waals surface area contributed by atoms with E-state index in [1.807, 2.05) is 0 Å². The van der Waals surface area contributed by atoms with Crippen LogP contribution >= 0.6 is 0 Å². The number of rotatable bonds is 26. The van der Waals surface area contributed by atoms with Crippen LogP contribution in [0.5, 0.6) is 0 Å². The average molecular weight is 471 g/mol. The monoisotopic (exact) mass is 470 g/mol. The van der Waals surface area contributed by atoms with Gasteiger partial charge in [-0.25, -0.2) is 0 Å².